The second kappa shape index (κ2) is 4.17. The lowest BCUT2D eigenvalue weighted by molar-refractivity contribution is 0.418. The van der Waals surface area contributed by atoms with E-state index in [-0.39, 0.29) is 0 Å². The monoisotopic (exact) mass is 259 g/mol. The molecule has 5 heteroatoms. The molecule has 3 rings (SSSR count). The van der Waals surface area contributed by atoms with Gasteiger partial charge in [-0.05, 0) is 30.9 Å². The van der Waals surface area contributed by atoms with Crippen LogP contribution in [0.25, 0.3) is 16.6 Å². The predicted molar refractivity (Wildman–Crippen MR) is 73.6 cm³/mol. The fourth-order valence-electron chi connectivity index (χ4n) is 2.22. The maximum absolute atomic E-state index is 5.47. The van der Waals surface area contributed by atoms with Gasteiger partial charge in [0.1, 0.15) is 5.75 Å². The Kier molecular flexibility index (Phi) is 2.63. The Labute approximate surface area is 109 Å². The third-order valence-corrected chi connectivity index (χ3v) is 3.68. The standard InChI is InChI=1S/C13H13N3OS/c1-8-7-11-14-15-13(18-3)16(11)12-9(8)5-4-6-10(12)17-2/h4-7H,1-3H3. The number of para-hydroxylation sites is 1. The Morgan fingerprint density at radius 3 is 2.83 bits per heavy atom. The number of nitrogens with zero attached hydrogens (tertiary/aromatic N) is 3. The number of hydrogen-bond donors (Lipinski definition) is 0. The highest BCUT2D eigenvalue weighted by atomic mass is 32.2. The van der Waals surface area contributed by atoms with Crippen LogP contribution in [0, 0.1) is 6.92 Å². The number of fused-ring (bicyclic) bond motifs is 3. The molecule has 3 aromatic rings. The minimum absolute atomic E-state index is 0.844. The van der Waals surface area contributed by atoms with Gasteiger partial charge in [0.05, 0.1) is 12.6 Å². The average molecular weight is 259 g/mol. The molecule has 0 unspecified atom stereocenters. The maximum atomic E-state index is 5.47. The first-order valence-electron chi connectivity index (χ1n) is 5.61. The SMILES string of the molecule is COc1cccc2c(C)cc3nnc(SC)n3c12. The first-order valence-corrected chi connectivity index (χ1v) is 6.84. The molecule has 0 N–H and O–H groups in total. The highest BCUT2D eigenvalue weighted by Gasteiger charge is 2.13. The second-order valence-corrected chi connectivity index (χ2v) is 4.84. The summed E-state index contributed by atoms with van der Waals surface area (Å²) in [5, 5.41) is 10.5. The van der Waals surface area contributed by atoms with Crippen molar-refractivity contribution in [2.75, 3.05) is 13.4 Å². The summed E-state index contributed by atoms with van der Waals surface area (Å²) in [6, 6.07) is 8.11. The van der Waals surface area contributed by atoms with Crippen molar-refractivity contribution < 1.29 is 4.74 Å². The molecule has 2 aromatic heterocycles. The Morgan fingerprint density at radius 1 is 1.28 bits per heavy atom. The average Bonchev–Trinajstić information content (AvgIpc) is 2.81. The van der Waals surface area contributed by atoms with Gasteiger partial charge in [-0.1, -0.05) is 23.9 Å². The van der Waals surface area contributed by atoms with Crippen LogP contribution >= 0.6 is 11.8 Å². The number of benzene rings is 1. The molecule has 0 fully saturated rings. The van der Waals surface area contributed by atoms with E-state index in [1.807, 2.05) is 22.8 Å². The van der Waals surface area contributed by atoms with Crippen molar-refractivity contribution in [3.63, 3.8) is 0 Å². The lowest BCUT2D eigenvalue weighted by atomic mass is 10.1. The number of aryl methyl sites for hydroxylation is 1. The van der Waals surface area contributed by atoms with Crippen LogP contribution in [0.3, 0.4) is 0 Å². The van der Waals surface area contributed by atoms with Crippen molar-refractivity contribution in [2.45, 2.75) is 12.1 Å². The van der Waals surface area contributed by atoms with Crippen LogP contribution in [0.1, 0.15) is 5.56 Å². The van der Waals surface area contributed by atoms with Crippen molar-refractivity contribution in [3.05, 3.63) is 29.8 Å². The minimum Gasteiger partial charge on any atom is -0.495 e. The predicted octanol–water partition coefficient (Wildman–Crippen LogP) is 2.92. The van der Waals surface area contributed by atoms with E-state index >= 15 is 0 Å². The molecule has 0 saturated heterocycles. The summed E-state index contributed by atoms with van der Waals surface area (Å²) in [5.74, 6) is 0.844. The Bertz CT molecular complexity index is 736. The van der Waals surface area contributed by atoms with E-state index in [1.165, 1.54) is 5.56 Å². The summed E-state index contributed by atoms with van der Waals surface area (Å²) in [6.45, 7) is 2.08. The Morgan fingerprint density at radius 2 is 2.11 bits per heavy atom. The summed E-state index contributed by atoms with van der Waals surface area (Å²) in [6.07, 6.45) is 2.00. The third-order valence-electron chi connectivity index (χ3n) is 3.05. The summed E-state index contributed by atoms with van der Waals surface area (Å²) >= 11 is 1.58. The Hall–Kier alpha value is -1.75. The summed E-state index contributed by atoms with van der Waals surface area (Å²) in [7, 11) is 1.69. The molecule has 0 aliphatic heterocycles. The van der Waals surface area contributed by atoms with Gasteiger partial charge in [-0.2, -0.15) is 0 Å². The van der Waals surface area contributed by atoms with E-state index in [0.717, 1.165) is 27.5 Å². The smallest absolute Gasteiger partial charge is 0.195 e. The van der Waals surface area contributed by atoms with Gasteiger partial charge >= 0.3 is 0 Å². The van der Waals surface area contributed by atoms with Crippen molar-refractivity contribution >= 4 is 28.3 Å². The van der Waals surface area contributed by atoms with Crippen LogP contribution in [-0.2, 0) is 0 Å². The molecule has 0 atom stereocenters. The fraction of sp³-hybridized carbons (Fsp3) is 0.231. The van der Waals surface area contributed by atoms with E-state index in [0.29, 0.717) is 0 Å². The van der Waals surface area contributed by atoms with Gasteiger partial charge < -0.3 is 4.74 Å². The largest absolute Gasteiger partial charge is 0.495 e. The zero-order valence-corrected chi connectivity index (χ0v) is 11.3. The molecule has 0 radical (unpaired) electrons. The molecule has 0 aliphatic carbocycles. The molecule has 92 valence electrons. The van der Waals surface area contributed by atoms with Gasteiger partial charge in [-0.3, -0.25) is 4.40 Å². The van der Waals surface area contributed by atoms with E-state index in [1.54, 1.807) is 18.9 Å². The zero-order valence-electron chi connectivity index (χ0n) is 10.5. The normalized spacial score (nSPS) is 11.3. The minimum atomic E-state index is 0.844. The van der Waals surface area contributed by atoms with Crippen LogP contribution < -0.4 is 4.74 Å². The molecule has 0 aliphatic rings. The van der Waals surface area contributed by atoms with Gasteiger partial charge in [0, 0.05) is 5.39 Å². The second-order valence-electron chi connectivity index (χ2n) is 4.06. The van der Waals surface area contributed by atoms with Crippen LogP contribution in [0.15, 0.2) is 29.4 Å². The summed E-state index contributed by atoms with van der Waals surface area (Å²) in [4.78, 5) is 0. The maximum Gasteiger partial charge on any atom is 0.195 e. The zero-order chi connectivity index (χ0) is 12.7. The van der Waals surface area contributed by atoms with Crippen molar-refractivity contribution in [2.24, 2.45) is 0 Å². The molecular weight excluding hydrogens is 246 g/mol. The molecule has 0 spiro atoms. The van der Waals surface area contributed by atoms with E-state index in [9.17, 15) is 0 Å². The van der Waals surface area contributed by atoms with Crippen molar-refractivity contribution in [1.29, 1.82) is 0 Å². The van der Waals surface area contributed by atoms with Crippen LogP contribution in [0.4, 0.5) is 0 Å². The lowest BCUT2D eigenvalue weighted by Crippen LogP contribution is -1.96. The molecule has 18 heavy (non-hydrogen) atoms. The van der Waals surface area contributed by atoms with Crippen LogP contribution in [-0.4, -0.2) is 28.0 Å². The molecule has 1 aromatic carbocycles. The lowest BCUT2D eigenvalue weighted by Gasteiger charge is -2.10. The topological polar surface area (TPSA) is 39.4 Å². The number of aromatic nitrogens is 3. The van der Waals surface area contributed by atoms with Gasteiger partial charge in [0.15, 0.2) is 10.8 Å². The molecule has 0 amide bonds. The van der Waals surface area contributed by atoms with E-state index < -0.39 is 0 Å². The van der Waals surface area contributed by atoms with Gasteiger partial charge in [-0.25, -0.2) is 0 Å². The van der Waals surface area contributed by atoms with Crippen molar-refractivity contribution in [1.82, 2.24) is 14.6 Å². The number of hydrogen-bond acceptors (Lipinski definition) is 4. The molecule has 0 bridgehead atoms. The number of thioether (sulfide) groups is 1. The molecule has 4 nitrogen and oxygen atoms in total. The van der Waals surface area contributed by atoms with Gasteiger partial charge in [0.25, 0.3) is 0 Å². The quantitative estimate of drug-likeness (QED) is 0.663. The molecule has 2 heterocycles. The van der Waals surface area contributed by atoms with Gasteiger partial charge in [0.2, 0.25) is 0 Å². The highest BCUT2D eigenvalue weighted by molar-refractivity contribution is 7.98. The van der Waals surface area contributed by atoms with E-state index in [4.69, 9.17) is 4.74 Å². The first-order chi connectivity index (χ1) is 8.76. The Balaban J connectivity index is 2.60. The third kappa shape index (κ3) is 1.47. The van der Waals surface area contributed by atoms with Gasteiger partial charge in [-0.15, -0.1) is 10.2 Å². The highest BCUT2D eigenvalue weighted by Crippen LogP contribution is 2.31. The number of rotatable bonds is 2. The summed E-state index contributed by atoms with van der Waals surface area (Å²) in [5.41, 5.74) is 3.06. The first kappa shape index (κ1) is 11.3. The van der Waals surface area contributed by atoms with Crippen LogP contribution in [0.2, 0.25) is 0 Å². The number of ether oxygens (including phenoxy) is 1. The fourth-order valence-corrected chi connectivity index (χ4v) is 2.71. The molecule has 0 saturated carbocycles. The number of methoxy groups -OCH3 is 1. The van der Waals surface area contributed by atoms with E-state index in [2.05, 4.69) is 29.3 Å². The summed E-state index contributed by atoms with van der Waals surface area (Å²) < 4.78 is 7.52. The number of pyridine rings is 1. The van der Waals surface area contributed by atoms with Crippen molar-refractivity contribution in [3.8, 4) is 5.75 Å². The van der Waals surface area contributed by atoms with Crippen LogP contribution in [0.5, 0.6) is 5.75 Å². The molecular formula is C13H13N3OS.